The van der Waals surface area contributed by atoms with Gasteiger partial charge in [0.2, 0.25) is 0 Å². The van der Waals surface area contributed by atoms with Crippen LogP contribution < -0.4 is 10.6 Å². The molecule has 2 N–H and O–H groups in total. The lowest BCUT2D eigenvalue weighted by Gasteiger charge is -2.40. The highest BCUT2D eigenvalue weighted by Gasteiger charge is 2.33. The Bertz CT molecular complexity index is 629. The first-order valence-electron chi connectivity index (χ1n) is 14.0. The summed E-state index contributed by atoms with van der Waals surface area (Å²) >= 11 is 0. The molecule has 2 heterocycles. The van der Waals surface area contributed by atoms with Gasteiger partial charge < -0.3 is 10.6 Å². The lowest BCUT2D eigenvalue weighted by Crippen LogP contribution is -2.42. The van der Waals surface area contributed by atoms with Crippen LogP contribution in [0.4, 0.5) is 0 Å². The van der Waals surface area contributed by atoms with Crippen molar-refractivity contribution in [3.63, 3.8) is 0 Å². The molecule has 0 aromatic rings. The van der Waals surface area contributed by atoms with Crippen molar-refractivity contribution in [1.29, 1.82) is 0 Å². The molecule has 3 rings (SSSR count). The van der Waals surface area contributed by atoms with Gasteiger partial charge in [-0.15, -0.1) is 0 Å². The largest absolute Gasteiger partial charge is 0.388 e. The van der Waals surface area contributed by atoms with E-state index in [4.69, 9.17) is 0 Å². The van der Waals surface area contributed by atoms with E-state index in [1.807, 2.05) is 0 Å². The average molecular weight is 441 g/mol. The van der Waals surface area contributed by atoms with Gasteiger partial charge in [0.1, 0.15) is 0 Å². The molecule has 182 valence electrons. The minimum Gasteiger partial charge on any atom is -0.388 e. The van der Waals surface area contributed by atoms with Crippen molar-refractivity contribution in [2.45, 2.75) is 117 Å². The van der Waals surface area contributed by atoms with Crippen molar-refractivity contribution < 1.29 is 0 Å². The summed E-state index contributed by atoms with van der Waals surface area (Å²) < 4.78 is 0. The number of piperidine rings is 1. The highest BCUT2D eigenvalue weighted by Crippen LogP contribution is 2.38. The van der Waals surface area contributed by atoms with Crippen LogP contribution in [0.25, 0.3) is 0 Å². The maximum absolute atomic E-state index is 3.87. The highest BCUT2D eigenvalue weighted by molar-refractivity contribution is 5.25. The molecule has 2 nitrogen and oxygen atoms in total. The fraction of sp³-hybridized carbons (Fsp3) is 0.800. The van der Waals surface area contributed by atoms with Crippen LogP contribution in [0, 0.1) is 29.6 Å². The third kappa shape index (κ3) is 6.99. The Morgan fingerprint density at radius 3 is 2.25 bits per heavy atom. The second kappa shape index (κ2) is 13.0. The lowest BCUT2D eigenvalue weighted by atomic mass is 9.70. The van der Waals surface area contributed by atoms with Gasteiger partial charge in [-0.25, -0.2) is 0 Å². The summed E-state index contributed by atoms with van der Waals surface area (Å²) in [6, 6.07) is 1.32. The molecule has 2 heteroatoms. The second-order valence-electron chi connectivity index (χ2n) is 11.6. The molecule has 2 fully saturated rings. The molecule has 0 aromatic carbocycles. The normalized spacial score (nSPS) is 28.1. The number of rotatable bonds is 9. The molecule has 0 bridgehead atoms. The molecule has 0 radical (unpaired) electrons. The van der Waals surface area contributed by atoms with Gasteiger partial charge >= 0.3 is 0 Å². The number of allylic oxidation sites excluding steroid dienone is 4. The Morgan fingerprint density at radius 1 is 0.938 bits per heavy atom. The monoisotopic (exact) mass is 440 g/mol. The molecule has 1 aliphatic carbocycles. The number of hydrogen-bond acceptors (Lipinski definition) is 2. The quantitative estimate of drug-likeness (QED) is 0.358. The van der Waals surface area contributed by atoms with E-state index in [0.717, 1.165) is 24.2 Å². The molecule has 1 saturated carbocycles. The summed E-state index contributed by atoms with van der Waals surface area (Å²) in [5.41, 5.74) is 3.11. The predicted molar refractivity (Wildman–Crippen MR) is 141 cm³/mol. The minimum atomic E-state index is 0.627. The van der Waals surface area contributed by atoms with E-state index >= 15 is 0 Å². The van der Waals surface area contributed by atoms with E-state index in [2.05, 4.69) is 69.7 Å². The topological polar surface area (TPSA) is 24.1 Å². The molecule has 0 amide bonds. The van der Waals surface area contributed by atoms with E-state index in [9.17, 15) is 0 Å². The Kier molecular flexibility index (Phi) is 10.4. The molecule has 2 aliphatic heterocycles. The highest BCUT2D eigenvalue weighted by atomic mass is 14.9. The minimum absolute atomic E-state index is 0.627. The zero-order valence-electron chi connectivity index (χ0n) is 21.8. The molecular formula is C30H52N2. The van der Waals surface area contributed by atoms with Crippen LogP contribution in [0.1, 0.15) is 105 Å². The molecule has 3 aliphatic rings. The van der Waals surface area contributed by atoms with Gasteiger partial charge in [0.05, 0.1) is 0 Å². The molecule has 4 unspecified atom stereocenters. The summed E-state index contributed by atoms with van der Waals surface area (Å²) in [6.45, 7) is 13.1. The van der Waals surface area contributed by atoms with Gasteiger partial charge in [-0.3, -0.25) is 0 Å². The van der Waals surface area contributed by atoms with Crippen LogP contribution in [0.2, 0.25) is 0 Å². The zero-order valence-corrected chi connectivity index (χ0v) is 21.8. The van der Waals surface area contributed by atoms with Crippen molar-refractivity contribution >= 4 is 0 Å². The zero-order chi connectivity index (χ0) is 22.9. The van der Waals surface area contributed by atoms with Crippen LogP contribution in [-0.4, -0.2) is 18.6 Å². The van der Waals surface area contributed by atoms with Gasteiger partial charge in [-0.05, 0) is 81.0 Å². The number of hydrogen-bond donors (Lipinski definition) is 2. The van der Waals surface area contributed by atoms with Crippen molar-refractivity contribution in [2.24, 2.45) is 29.6 Å². The predicted octanol–water partition coefficient (Wildman–Crippen LogP) is 7.78. The number of nitrogens with one attached hydrogen (secondary N) is 2. The molecule has 0 aromatic heterocycles. The average Bonchev–Trinajstić information content (AvgIpc) is 2.80. The lowest BCUT2D eigenvalue weighted by molar-refractivity contribution is 0.145. The van der Waals surface area contributed by atoms with Crippen LogP contribution in [0.3, 0.4) is 0 Å². The maximum atomic E-state index is 3.87. The summed E-state index contributed by atoms with van der Waals surface area (Å²) in [5.74, 6) is 3.86. The van der Waals surface area contributed by atoms with E-state index < -0.39 is 0 Å². The molecule has 4 atom stereocenters. The second-order valence-corrected chi connectivity index (χ2v) is 11.6. The maximum Gasteiger partial charge on any atom is 0.0292 e. The molecule has 1 saturated heterocycles. The van der Waals surface area contributed by atoms with Gasteiger partial charge in [0.25, 0.3) is 0 Å². The summed E-state index contributed by atoms with van der Waals surface area (Å²) in [5, 5.41) is 7.68. The van der Waals surface area contributed by atoms with Crippen molar-refractivity contribution in [3.8, 4) is 0 Å². The first kappa shape index (κ1) is 25.6. The Labute approximate surface area is 199 Å². The van der Waals surface area contributed by atoms with Gasteiger partial charge in [-0.1, -0.05) is 90.0 Å². The smallest absolute Gasteiger partial charge is 0.0292 e. The standard InChI is InChI=1S/C30H52N2/c1-6-25(29(22(2)3)27-17-10-11-20-31-27)16-12-13-24-18-19-28(32-21-24)30(23(4)5)26-14-8-7-9-15-26/h6,12,16,21-23,26-32H,7-11,13-15,17-20H2,1-5H3/b16-12-,25-6+. The van der Waals surface area contributed by atoms with E-state index in [1.165, 1.54) is 76.3 Å². The van der Waals surface area contributed by atoms with E-state index in [0.29, 0.717) is 23.9 Å². The third-order valence-electron chi connectivity index (χ3n) is 8.62. The Balaban J connectivity index is 1.56. The molecular weight excluding hydrogens is 388 g/mol. The fourth-order valence-corrected chi connectivity index (χ4v) is 7.06. The first-order chi connectivity index (χ1) is 15.5. The van der Waals surface area contributed by atoms with E-state index in [1.54, 1.807) is 5.57 Å². The fourth-order valence-electron chi connectivity index (χ4n) is 7.06. The van der Waals surface area contributed by atoms with Gasteiger partial charge in [-0.2, -0.15) is 0 Å². The summed E-state index contributed by atoms with van der Waals surface area (Å²) in [6.07, 6.45) is 24.6. The molecule has 0 spiro atoms. The summed E-state index contributed by atoms with van der Waals surface area (Å²) in [7, 11) is 0. The first-order valence-corrected chi connectivity index (χ1v) is 14.0. The SMILES string of the molecule is C/C=C(\C=C/CC1=CNC(C(C(C)C)C2CCCCC2)CC1)C(C(C)C)C1CCCCN1. The Morgan fingerprint density at radius 2 is 1.69 bits per heavy atom. The van der Waals surface area contributed by atoms with Crippen LogP contribution in [0.5, 0.6) is 0 Å². The third-order valence-corrected chi connectivity index (χ3v) is 8.62. The van der Waals surface area contributed by atoms with Crippen LogP contribution >= 0.6 is 0 Å². The van der Waals surface area contributed by atoms with Crippen molar-refractivity contribution in [1.82, 2.24) is 10.6 Å². The van der Waals surface area contributed by atoms with Crippen LogP contribution in [0.15, 0.2) is 35.6 Å². The van der Waals surface area contributed by atoms with Crippen molar-refractivity contribution in [2.75, 3.05) is 6.54 Å². The Hall–Kier alpha value is -1.02. The van der Waals surface area contributed by atoms with Crippen molar-refractivity contribution in [3.05, 3.63) is 35.6 Å². The van der Waals surface area contributed by atoms with E-state index in [-0.39, 0.29) is 0 Å². The molecule has 32 heavy (non-hydrogen) atoms. The van der Waals surface area contributed by atoms with Gasteiger partial charge in [0.15, 0.2) is 0 Å². The van der Waals surface area contributed by atoms with Crippen LogP contribution in [-0.2, 0) is 0 Å². The summed E-state index contributed by atoms with van der Waals surface area (Å²) in [4.78, 5) is 0. The van der Waals surface area contributed by atoms with Gasteiger partial charge in [0, 0.05) is 18.0 Å².